The number of carbonyl (C=O) groups excluding carboxylic acids is 2. The van der Waals surface area contributed by atoms with Gasteiger partial charge in [-0.05, 0) is 37.6 Å². The van der Waals surface area contributed by atoms with Crippen LogP contribution in [0.25, 0.3) is 5.57 Å². The maximum absolute atomic E-state index is 12.5. The summed E-state index contributed by atoms with van der Waals surface area (Å²) in [4.78, 5) is 30.5. The van der Waals surface area contributed by atoms with Crippen molar-refractivity contribution >= 4 is 52.4 Å². The lowest BCUT2D eigenvalue weighted by Crippen LogP contribution is -2.44. The Labute approximate surface area is 213 Å². The molecule has 0 radical (unpaired) electrons. The summed E-state index contributed by atoms with van der Waals surface area (Å²) in [6.45, 7) is 4.60. The number of benzene rings is 2. The molecule has 0 bridgehead atoms. The first kappa shape index (κ1) is 24.9. The molecule has 0 amide bonds. The molecular weight excluding hydrogens is 484 g/mol. The molecule has 0 unspecified atom stereocenters. The van der Waals surface area contributed by atoms with E-state index in [2.05, 4.69) is 19.2 Å². The number of ether oxygens (including phenoxy) is 3. The fraction of sp³-hybridized carbons (Fsp3) is 0.269. The van der Waals surface area contributed by atoms with Crippen molar-refractivity contribution in [2.45, 2.75) is 25.9 Å². The van der Waals surface area contributed by atoms with E-state index < -0.39 is 17.5 Å². The highest BCUT2D eigenvalue weighted by Crippen LogP contribution is 2.55. The van der Waals surface area contributed by atoms with Gasteiger partial charge in [0, 0.05) is 16.8 Å². The van der Waals surface area contributed by atoms with Crippen LogP contribution in [-0.4, -0.2) is 44.5 Å². The minimum Gasteiger partial charge on any atom is -0.497 e. The topological polar surface area (TPSA) is 86.2 Å². The van der Waals surface area contributed by atoms with Gasteiger partial charge in [-0.25, -0.2) is 9.59 Å². The number of hydrogen-bond donors (Lipinski definition) is 1. The Balaban J connectivity index is 1.91. The molecular formula is C26H26N2O5S2. The monoisotopic (exact) mass is 510 g/mol. The zero-order valence-corrected chi connectivity index (χ0v) is 21.8. The summed E-state index contributed by atoms with van der Waals surface area (Å²) in [5, 5.41) is 3.58. The number of aliphatic imine (C=N–C) groups is 1. The van der Waals surface area contributed by atoms with Crippen molar-refractivity contribution in [1.82, 2.24) is 0 Å². The van der Waals surface area contributed by atoms with Gasteiger partial charge in [0.25, 0.3) is 0 Å². The summed E-state index contributed by atoms with van der Waals surface area (Å²) >= 11 is 2.40. The number of fused-ring (bicyclic) bond motifs is 1. The number of methoxy groups -OCH3 is 3. The highest BCUT2D eigenvalue weighted by molar-refractivity contribution is 8.29. The Bertz CT molecular complexity index is 1240. The van der Waals surface area contributed by atoms with E-state index in [4.69, 9.17) is 19.2 Å². The molecule has 2 aromatic carbocycles. The van der Waals surface area contributed by atoms with Crippen molar-refractivity contribution < 1.29 is 23.8 Å². The van der Waals surface area contributed by atoms with Crippen molar-refractivity contribution in [3.8, 4) is 5.75 Å². The molecule has 0 aromatic heterocycles. The molecule has 0 aliphatic carbocycles. The number of carbonyl (C=O) groups is 2. The van der Waals surface area contributed by atoms with Gasteiger partial charge in [-0.2, -0.15) is 0 Å². The van der Waals surface area contributed by atoms with Crippen molar-refractivity contribution in [3.05, 3.63) is 73.7 Å². The summed E-state index contributed by atoms with van der Waals surface area (Å²) in [5.74, 6) is -0.478. The lowest BCUT2D eigenvalue weighted by molar-refractivity contribution is -0.138. The maximum Gasteiger partial charge on any atom is 0.346 e. The van der Waals surface area contributed by atoms with E-state index in [0.29, 0.717) is 12.3 Å². The van der Waals surface area contributed by atoms with E-state index in [9.17, 15) is 9.59 Å². The van der Waals surface area contributed by atoms with Gasteiger partial charge < -0.3 is 19.5 Å². The minimum atomic E-state index is -0.583. The van der Waals surface area contributed by atoms with Crippen molar-refractivity contribution in [1.29, 1.82) is 0 Å². The van der Waals surface area contributed by atoms with Crippen molar-refractivity contribution in [2.24, 2.45) is 4.99 Å². The van der Waals surface area contributed by atoms with Crippen LogP contribution in [-0.2, 0) is 25.6 Å². The number of nitrogens with zero attached hydrogens (tertiary/aromatic N) is 1. The van der Waals surface area contributed by atoms with E-state index in [1.165, 1.54) is 37.7 Å². The first-order valence-corrected chi connectivity index (χ1v) is 12.5. The van der Waals surface area contributed by atoms with Gasteiger partial charge in [-0.3, -0.25) is 4.99 Å². The highest BCUT2D eigenvalue weighted by Gasteiger charge is 2.41. The lowest BCUT2D eigenvalue weighted by atomic mass is 9.83. The van der Waals surface area contributed by atoms with Gasteiger partial charge in [0.05, 0.1) is 43.4 Å². The molecule has 7 nitrogen and oxygen atoms in total. The number of nitrogens with one attached hydrogen (secondary N) is 1. The number of thioether (sulfide) groups is 2. The Kier molecular flexibility index (Phi) is 7.28. The molecule has 2 aliphatic heterocycles. The smallest absolute Gasteiger partial charge is 0.346 e. The molecule has 0 fully saturated rings. The molecule has 1 N–H and O–H groups in total. The minimum absolute atomic E-state index is 0.204. The van der Waals surface area contributed by atoms with Gasteiger partial charge in [0.1, 0.15) is 15.6 Å². The molecule has 182 valence electrons. The van der Waals surface area contributed by atoms with Gasteiger partial charge >= 0.3 is 11.9 Å². The average Bonchev–Trinajstić information content (AvgIpc) is 3.31. The predicted molar refractivity (Wildman–Crippen MR) is 141 cm³/mol. The lowest BCUT2D eigenvalue weighted by Gasteiger charge is -2.38. The summed E-state index contributed by atoms with van der Waals surface area (Å²) in [5.41, 5.74) is 3.98. The number of rotatable bonds is 5. The quantitative estimate of drug-likeness (QED) is 0.546. The fourth-order valence-corrected chi connectivity index (χ4v) is 6.48. The third-order valence-corrected chi connectivity index (χ3v) is 8.13. The van der Waals surface area contributed by atoms with E-state index in [-0.39, 0.29) is 9.81 Å². The van der Waals surface area contributed by atoms with E-state index in [0.717, 1.165) is 32.3 Å². The SMILES string of the molecule is COC(=O)C1=C(C(=O)OC)SC(=C2C(=NCc3ccccc3)C(C)(C)Nc3ccc(OC)cc32)S1. The molecule has 2 aromatic rings. The maximum atomic E-state index is 12.5. The Morgan fingerprint density at radius 3 is 2.14 bits per heavy atom. The van der Waals surface area contributed by atoms with Gasteiger partial charge in [-0.15, -0.1) is 0 Å². The zero-order chi connectivity index (χ0) is 25.2. The van der Waals surface area contributed by atoms with Crippen LogP contribution >= 0.6 is 23.5 Å². The van der Waals surface area contributed by atoms with Gasteiger partial charge in [0.2, 0.25) is 0 Å². The second-order valence-corrected chi connectivity index (χ2v) is 10.6. The van der Waals surface area contributed by atoms with Crippen molar-refractivity contribution in [2.75, 3.05) is 26.6 Å². The fourth-order valence-electron chi connectivity index (χ4n) is 3.89. The van der Waals surface area contributed by atoms with Crippen LogP contribution in [0.4, 0.5) is 5.69 Å². The summed E-state index contributed by atoms with van der Waals surface area (Å²) in [6, 6.07) is 15.8. The first-order valence-electron chi connectivity index (χ1n) is 10.9. The standard InChI is InChI=1S/C26H26N2O5S2/c1-26(2)22(27-14-15-9-7-6-8-10-15)19(17-13-16(31-3)11-12-18(17)28-26)25-34-20(23(29)32-4)21(35-25)24(30)33-5/h6-13,28H,14H2,1-5H3. The molecule has 0 spiro atoms. The Morgan fingerprint density at radius 1 is 0.943 bits per heavy atom. The number of hydrogen-bond acceptors (Lipinski definition) is 9. The molecule has 0 saturated heterocycles. The first-order chi connectivity index (χ1) is 16.8. The van der Waals surface area contributed by atoms with Crippen LogP contribution in [0, 0.1) is 0 Å². The third-order valence-electron chi connectivity index (χ3n) is 5.58. The molecule has 4 rings (SSSR count). The second-order valence-electron chi connectivity index (χ2n) is 8.32. The highest BCUT2D eigenvalue weighted by atomic mass is 32.2. The number of anilines is 1. The Morgan fingerprint density at radius 2 is 1.57 bits per heavy atom. The van der Waals surface area contributed by atoms with Gasteiger partial charge in [-0.1, -0.05) is 53.9 Å². The van der Waals surface area contributed by atoms with Crippen molar-refractivity contribution in [3.63, 3.8) is 0 Å². The molecule has 35 heavy (non-hydrogen) atoms. The molecule has 0 saturated carbocycles. The molecule has 2 heterocycles. The average molecular weight is 511 g/mol. The van der Waals surface area contributed by atoms with Crippen LogP contribution in [0.1, 0.15) is 25.0 Å². The Hall–Kier alpha value is -3.17. The molecule has 0 atom stereocenters. The summed E-state index contributed by atoms with van der Waals surface area (Å²) < 4.78 is 16.2. The zero-order valence-electron chi connectivity index (χ0n) is 20.1. The summed E-state index contributed by atoms with van der Waals surface area (Å²) in [6.07, 6.45) is 0. The van der Waals surface area contributed by atoms with Crippen LogP contribution in [0.5, 0.6) is 5.75 Å². The van der Waals surface area contributed by atoms with E-state index in [1.54, 1.807) is 7.11 Å². The van der Waals surface area contributed by atoms with Crippen LogP contribution in [0.3, 0.4) is 0 Å². The van der Waals surface area contributed by atoms with Crippen LogP contribution in [0.2, 0.25) is 0 Å². The van der Waals surface area contributed by atoms with E-state index in [1.807, 2.05) is 48.5 Å². The predicted octanol–water partition coefficient (Wildman–Crippen LogP) is 5.25. The second kappa shape index (κ2) is 10.2. The summed E-state index contributed by atoms with van der Waals surface area (Å²) in [7, 11) is 4.20. The van der Waals surface area contributed by atoms with Gasteiger partial charge in [0.15, 0.2) is 0 Å². The number of esters is 2. The van der Waals surface area contributed by atoms with E-state index >= 15 is 0 Å². The molecule has 2 aliphatic rings. The molecule has 9 heteroatoms. The largest absolute Gasteiger partial charge is 0.497 e. The normalized spacial score (nSPS) is 17.7. The third kappa shape index (κ3) is 4.97. The van der Waals surface area contributed by atoms with Crippen LogP contribution < -0.4 is 10.1 Å². The van der Waals surface area contributed by atoms with Crippen LogP contribution in [0.15, 0.2) is 67.6 Å².